The van der Waals surface area contributed by atoms with E-state index in [1.165, 1.54) is 31.3 Å². The van der Waals surface area contributed by atoms with Gasteiger partial charge in [-0.15, -0.1) is 0 Å². The van der Waals surface area contributed by atoms with E-state index in [0.29, 0.717) is 27.6 Å². The summed E-state index contributed by atoms with van der Waals surface area (Å²) in [6.07, 6.45) is 0. The number of benzene rings is 3. The number of methoxy groups -OCH3 is 2. The van der Waals surface area contributed by atoms with Gasteiger partial charge in [-0.05, 0) is 67.4 Å². The van der Waals surface area contributed by atoms with Gasteiger partial charge in [-0.25, -0.2) is 0 Å². The number of aliphatic hydroxyl groups is 1. The number of ketones is 1. The van der Waals surface area contributed by atoms with Crippen LogP contribution in [0.15, 0.2) is 60.2 Å². The number of hydrogen-bond donors (Lipinski definition) is 2. The number of aromatic hydroxyl groups is 1. The molecule has 9 heteroatoms. The predicted octanol–water partition coefficient (Wildman–Crippen LogP) is 5.40. The third-order valence-corrected chi connectivity index (χ3v) is 6.61. The fourth-order valence-corrected chi connectivity index (χ4v) is 4.54. The maximum Gasteiger partial charge on any atom is 0.300 e. The third-order valence-electron chi connectivity index (χ3n) is 6.20. The van der Waals surface area contributed by atoms with E-state index in [9.17, 15) is 19.8 Å². The fraction of sp³-hybridized carbons (Fsp3) is 0.214. The Morgan fingerprint density at radius 3 is 2.46 bits per heavy atom. The highest BCUT2D eigenvalue weighted by molar-refractivity contribution is 6.52. The lowest BCUT2D eigenvalue weighted by Crippen LogP contribution is -2.30. The Kier molecular flexibility index (Phi) is 7.31. The lowest BCUT2D eigenvalue weighted by Gasteiger charge is -2.27. The number of aliphatic hydroxyl groups excluding tert-OH is 1. The molecule has 3 aromatic carbocycles. The Morgan fingerprint density at radius 1 is 1.03 bits per heavy atom. The molecular weight excluding hydrogens is 498 g/mol. The second-order valence-electron chi connectivity index (χ2n) is 8.28. The van der Waals surface area contributed by atoms with Crippen molar-refractivity contribution in [3.8, 4) is 23.0 Å². The van der Waals surface area contributed by atoms with Crippen molar-refractivity contribution in [2.24, 2.45) is 0 Å². The highest BCUT2D eigenvalue weighted by Crippen LogP contribution is 2.46. The lowest BCUT2D eigenvalue weighted by atomic mass is 9.94. The first-order chi connectivity index (χ1) is 17.7. The van der Waals surface area contributed by atoms with Crippen LogP contribution in [0.25, 0.3) is 5.76 Å². The van der Waals surface area contributed by atoms with Gasteiger partial charge in [-0.2, -0.15) is 0 Å². The van der Waals surface area contributed by atoms with E-state index in [1.54, 1.807) is 56.3 Å². The fourth-order valence-electron chi connectivity index (χ4n) is 4.37. The highest BCUT2D eigenvalue weighted by atomic mass is 35.5. The average Bonchev–Trinajstić information content (AvgIpc) is 3.16. The van der Waals surface area contributed by atoms with Gasteiger partial charge < -0.3 is 24.4 Å². The van der Waals surface area contributed by atoms with Crippen LogP contribution >= 0.6 is 11.6 Å². The van der Waals surface area contributed by atoms with Crippen LogP contribution in [0, 0.1) is 6.92 Å². The van der Waals surface area contributed by atoms with Crippen molar-refractivity contribution >= 4 is 34.7 Å². The van der Waals surface area contributed by atoms with Gasteiger partial charge in [0, 0.05) is 10.7 Å². The van der Waals surface area contributed by atoms with Crippen LogP contribution in [-0.2, 0) is 9.59 Å². The number of Topliss-reactive ketones (excluding diaryl/α,β-unsaturated/α-hetero) is 1. The van der Waals surface area contributed by atoms with Crippen LogP contribution in [-0.4, -0.2) is 42.7 Å². The molecule has 37 heavy (non-hydrogen) atoms. The monoisotopic (exact) mass is 523 g/mol. The molecule has 4 rings (SSSR count). The maximum absolute atomic E-state index is 13.5. The SMILES string of the molecule is CCOc1cc(C2/C(=C(\O)c3cc(OC)ccc3OC)C(=O)C(=O)N2c2cccc(Cl)c2C)ccc1O. The molecule has 0 aliphatic carbocycles. The average molecular weight is 524 g/mol. The smallest absolute Gasteiger partial charge is 0.300 e. The van der Waals surface area contributed by atoms with Crippen molar-refractivity contribution < 1.29 is 34.0 Å². The molecule has 2 N–H and O–H groups in total. The summed E-state index contributed by atoms with van der Waals surface area (Å²) < 4.78 is 16.2. The van der Waals surface area contributed by atoms with Gasteiger partial charge in [0.1, 0.15) is 17.3 Å². The molecule has 1 aliphatic rings. The number of hydrogen-bond acceptors (Lipinski definition) is 7. The van der Waals surface area contributed by atoms with E-state index >= 15 is 0 Å². The number of nitrogens with zero attached hydrogens (tertiary/aromatic N) is 1. The van der Waals surface area contributed by atoms with Crippen LogP contribution in [0.3, 0.4) is 0 Å². The molecule has 1 atom stereocenters. The molecule has 0 aromatic heterocycles. The molecule has 0 bridgehead atoms. The molecule has 1 heterocycles. The Hall–Kier alpha value is -4.17. The summed E-state index contributed by atoms with van der Waals surface area (Å²) in [6, 6.07) is 13.3. The standard InChI is InChI=1S/C28H26ClNO7/c1-5-37-23-13-16(9-11-21(23)31)25-24(26(32)18-14-17(35-3)10-12-22(18)36-4)27(33)28(34)30(25)20-8-6-7-19(29)15(20)2/h6-14,25,31-32H,5H2,1-4H3/b26-24+. The van der Waals surface area contributed by atoms with Crippen LogP contribution < -0.4 is 19.1 Å². The number of carbonyl (C=O) groups excluding carboxylic acids is 2. The van der Waals surface area contributed by atoms with E-state index in [0.717, 1.165) is 0 Å². The zero-order valence-corrected chi connectivity index (χ0v) is 21.5. The third kappa shape index (κ3) is 4.56. The van der Waals surface area contributed by atoms with Gasteiger partial charge in [-0.3, -0.25) is 14.5 Å². The van der Waals surface area contributed by atoms with Crippen molar-refractivity contribution in [1.29, 1.82) is 0 Å². The Balaban J connectivity index is 2.04. The highest BCUT2D eigenvalue weighted by Gasteiger charge is 2.48. The van der Waals surface area contributed by atoms with Gasteiger partial charge in [0.05, 0.1) is 38.0 Å². The minimum Gasteiger partial charge on any atom is -0.507 e. The van der Waals surface area contributed by atoms with Crippen molar-refractivity contribution in [2.75, 3.05) is 25.7 Å². The van der Waals surface area contributed by atoms with Crippen molar-refractivity contribution in [1.82, 2.24) is 0 Å². The number of rotatable bonds is 7. The lowest BCUT2D eigenvalue weighted by molar-refractivity contribution is -0.132. The Morgan fingerprint density at radius 2 is 1.78 bits per heavy atom. The summed E-state index contributed by atoms with van der Waals surface area (Å²) in [5, 5.41) is 22.2. The first-order valence-corrected chi connectivity index (χ1v) is 11.8. The summed E-state index contributed by atoms with van der Waals surface area (Å²) in [4.78, 5) is 28.3. The number of phenolic OH excluding ortho intramolecular Hbond substituents is 1. The molecule has 1 unspecified atom stereocenters. The minimum atomic E-state index is -1.06. The minimum absolute atomic E-state index is 0.101. The second-order valence-corrected chi connectivity index (χ2v) is 8.69. The summed E-state index contributed by atoms with van der Waals surface area (Å²) >= 11 is 6.36. The van der Waals surface area contributed by atoms with Crippen LogP contribution in [0.1, 0.15) is 29.7 Å². The zero-order valence-electron chi connectivity index (χ0n) is 20.7. The molecule has 3 aromatic rings. The maximum atomic E-state index is 13.5. The Bertz CT molecular complexity index is 1420. The summed E-state index contributed by atoms with van der Waals surface area (Å²) in [6.45, 7) is 3.79. The van der Waals surface area contributed by atoms with E-state index in [-0.39, 0.29) is 35.0 Å². The number of amides is 1. The zero-order chi connectivity index (χ0) is 26.9. The normalized spacial score (nSPS) is 16.7. The molecular formula is C28H26ClNO7. The summed E-state index contributed by atoms with van der Waals surface area (Å²) in [5.41, 5.74) is 1.44. The van der Waals surface area contributed by atoms with Crippen LogP contribution in [0.5, 0.6) is 23.0 Å². The molecule has 0 radical (unpaired) electrons. The predicted molar refractivity (Wildman–Crippen MR) is 140 cm³/mol. The van der Waals surface area contributed by atoms with Gasteiger partial charge in [0.2, 0.25) is 0 Å². The Labute approximate surface area is 219 Å². The first kappa shape index (κ1) is 25.9. The quantitative estimate of drug-likeness (QED) is 0.243. The van der Waals surface area contributed by atoms with Gasteiger partial charge in [0.15, 0.2) is 11.5 Å². The van der Waals surface area contributed by atoms with E-state index in [2.05, 4.69) is 0 Å². The van der Waals surface area contributed by atoms with E-state index < -0.39 is 23.5 Å². The molecule has 1 amide bonds. The number of halogens is 1. The first-order valence-electron chi connectivity index (χ1n) is 11.5. The molecule has 0 spiro atoms. The van der Waals surface area contributed by atoms with E-state index in [1.807, 2.05) is 0 Å². The molecule has 0 saturated carbocycles. The molecule has 1 aliphatic heterocycles. The molecule has 1 fully saturated rings. The molecule has 1 saturated heterocycles. The van der Waals surface area contributed by atoms with Crippen molar-refractivity contribution in [3.05, 3.63) is 81.9 Å². The largest absolute Gasteiger partial charge is 0.507 e. The number of carbonyl (C=O) groups is 2. The molecule has 192 valence electrons. The van der Waals surface area contributed by atoms with Crippen molar-refractivity contribution in [2.45, 2.75) is 19.9 Å². The van der Waals surface area contributed by atoms with Gasteiger partial charge in [0.25, 0.3) is 11.7 Å². The summed E-state index contributed by atoms with van der Waals surface area (Å²) in [5.74, 6) is -1.40. The van der Waals surface area contributed by atoms with Crippen LogP contribution in [0.4, 0.5) is 5.69 Å². The topological polar surface area (TPSA) is 106 Å². The number of phenols is 1. The molecule has 8 nitrogen and oxygen atoms in total. The summed E-state index contributed by atoms with van der Waals surface area (Å²) in [7, 11) is 2.90. The van der Waals surface area contributed by atoms with E-state index in [4.69, 9.17) is 25.8 Å². The number of ether oxygens (including phenoxy) is 3. The van der Waals surface area contributed by atoms with Gasteiger partial charge >= 0.3 is 0 Å². The van der Waals surface area contributed by atoms with Crippen molar-refractivity contribution in [3.63, 3.8) is 0 Å². The van der Waals surface area contributed by atoms with Crippen LogP contribution in [0.2, 0.25) is 5.02 Å². The van der Waals surface area contributed by atoms with Gasteiger partial charge in [-0.1, -0.05) is 23.7 Å². The second kappa shape index (κ2) is 10.4. The number of anilines is 1.